The van der Waals surface area contributed by atoms with Crippen molar-refractivity contribution in [1.82, 2.24) is 4.98 Å². The fourth-order valence-electron chi connectivity index (χ4n) is 2.89. The fraction of sp³-hybridized carbons (Fsp3) is 0.444. The molecule has 0 aliphatic heterocycles. The number of carbonyl (C=O) groups excluding carboxylic acids is 1. The average molecular weight is 314 g/mol. The maximum absolute atomic E-state index is 12.6. The molecule has 116 valence electrons. The number of carbonyl (C=O) groups is 1. The fourth-order valence-corrected chi connectivity index (χ4v) is 3.83. The van der Waals surface area contributed by atoms with E-state index in [0.717, 1.165) is 25.0 Å². The van der Waals surface area contributed by atoms with Crippen molar-refractivity contribution in [3.63, 3.8) is 0 Å². The van der Waals surface area contributed by atoms with Crippen molar-refractivity contribution in [2.45, 2.75) is 51.4 Å². The summed E-state index contributed by atoms with van der Waals surface area (Å²) >= 11 is 1.51. The van der Waals surface area contributed by atoms with E-state index in [9.17, 15) is 4.79 Å². The van der Waals surface area contributed by atoms with E-state index in [1.54, 1.807) is 0 Å². The van der Waals surface area contributed by atoms with Gasteiger partial charge in [-0.2, -0.15) is 0 Å². The second kappa shape index (κ2) is 5.84. The number of fused-ring (bicyclic) bond motifs is 1. The van der Waals surface area contributed by atoms with Gasteiger partial charge in [0, 0.05) is 10.8 Å². The molecule has 22 heavy (non-hydrogen) atoms. The van der Waals surface area contributed by atoms with Crippen molar-refractivity contribution in [1.29, 1.82) is 0 Å². The molecule has 0 saturated heterocycles. The molecule has 0 radical (unpaired) electrons. The summed E-state index contributed by atoms with van der Waals surface area (Å²) in [7, 11) is 0. The van der Waals surface area contributed by atoms with Gasteiger partial charge in [0.15, 0.2) is 5.13 Å². The highest BCUT2D eigenvalue weighted by Gasteiger charge is 2.27. The molecule has 4 heteroatoms. The van der Waals surface area contributed by atoms with E-state index >= 15 is 0 Å². The number of thiazole rings is 1. The largest absolute Gasteiger partial charge is 0.301 e. The first-order valence-corrected chi connectivity index (χ1v) is 8.68. The van der Waals surface area contributed by atoms with Gasteiger partial charge in [0.05, 0.1) is 11.6 Å². The number of nitrogens with one attached hydrogen (secondary N) is 1. The minimum Gasteiger partial charge on any atom is -0.301 e. The molecule has 0 bridgehead atoms. The van der Waals surface area contributed by atoms with Gasteiger partial charge in [-0.1, -0.05) is 45.0 Å². The van der Waals surface area contributed by atoms with Crippen LogP contribution >= 0.6 is 11.3 Å². The van der Waals surface area contributed by atoms with Crippen LogP contribution in [0.1, 0.15) is 56.4 Å². The lowest BCUT2D eigenvalue weighted by Crippen LogP contribution is -2.24. The van der Waals surface area contributed by atoms with Crippen LogP contribution < -0.4 is 5.32 Å². The zero-order valence-corrected chi connectivity index (χ0v) is 14.2. The highest BCUT2D eigenvalue weighted by Crippen LogP contribution is 2.33. The van der Waals surface area contributed by atoms with Crippen molar-refractivity contribution in [3.8, 4) is 0 Å². The molecule has 1 heterocycles. The molecule has 0 fully saturated rings. The number of hydrogen-bond donors (Lipinski definition) is 1. The molecule has 2 aromatic rings. The Balaban J connectivity index is 1.77. The van der Waals surface area contributed by atoms with Crippen molar-refractivity contribution >= 4 is 22.4 Å². The predicted molar refractivity (Wildman–Crippen MR) is 91.6 cm³/mol. The molecule has 1 aliphatic rings. The van der Waals surface area contributed by atoms with E-state index in [4.69, 9.17) is 0 Å². The van der Waals surface area contributed by atoms with E-state index in [2.05, 4.69) is 49.3 Å². The molecule has 0 spiro atoms. The van der Waals surface area contributed by atoms with E-state index < -0.39 is 0 Å². The second-order valence-electron chi connectivity index (χ2n) is 6.92. The molecule has 1 atom stereocenters. The Morgan fingerprint density at radius 3 is 2.82 bits per heavy atom. The summed E-state index contributed by atoms with van der Waals surface area (Å²) in [4.78, 5) is 17.2. The monoisotopic (exact) mass is 314 g/mol. The first kappa shape index (κ1) is 15.2. The molecular formula is C18H22N2OS. The normalized spacial score (nSPS) is 17.9. The Morgan fingerprint density at radius 2 is 2.09 bits per heavy atom. The van der Waals surface area contributed by atoms with Gasteiger partial charge in [0.25, 0.3) is 0 Å². The van der Waals surface area contributed by atoms with Crippen molar-refractivity contribution < 1.29 is 4.79 Å². The average Bonchev–Trinajstić information content (AvgIpc) is 2.95. The summed E-state index contributed by atoms with van der Waals surface area (Å²) in [6.07, 6.45) is 3.06. The maximum atomic E-state index is 12.6. The molecule has 0 saturated carbocycles. The Hall–Kier alpha value is -1.68. The zero-order valence-electron chi connectivity index (χ0n) is 13.3. The SMILES string of the molecule is CC(C)(C)c1csc(NC(=O)C2CCCc3ccccc32)n1. The Kier molecular flexibility index (Phi) is 4.04. The number of nitrogens with zero attached hydrogens (tertiary/aromatic N) is 1. The van der Waals surface area contributed by atoms with Crippen LogP contribution in [-0.4, -0.2) is 10.9 Å². The zero-order chi connectivity index (χ0) is 15.7. The standard InChI is InChI=1S/C18H22N2OS/c1-18(2,3)15-11-22-17(19-15)20-16(21)14-10-6-8-12-7-4-5-9-13(12)14/h4-5,7,9,11,14H,6,8,10H2,1-3H3,(H,19,20,21). The van der Waals surface area contributed by atoms with E-state index in [1.807, 2.05) is 11.4 Å². The summed E-state index contributed by atoms with van der Waals surface area (Å²) in [5.41, 5.74) is 3.52. The van der Waals surface area contributed by atoms with Gasteiger partial charge in [-0.3, -0.25) is 4.79 Å². The first-order valence-electron chi connectivity index (χ1n) is 7.80. The van der Waals surface area contributed by atoms with Crippen LogP contribution in [0.4, 0.5) is 5.13 Å². The number of amides is 1. The lowest BCUT2D eigenvalue weighted by molar-refractivity contribution is -0.117. The smallest absolute Gasteiger partial charge is 0.233 e. The van der Waals surface area contributed by atoms with Gasteiger partial charge in [0.1, 0.15) is 0 Å². The Morgan fingerprint density at radius 1 is 1.32 bits per heavy atom. The number of aromatic nitrogens is 1. The third-order valence-electron chi connectivity index (χ3n) is 4.19. The quantitative estimate of drug-likeness (QED) is 0.887. The minimum absolute atomic E-state index is 0.0108. The van der Waals surface area contributed by atoms with E-state index in [0.29, 0.717) is 5.13 Å². The summed E-state index contributed by atoms with van der Waals surface area (Å²) in [6.45, 7) is 6.39. The van der Waals surface area contributed by atoms with E-state index in [1.165, 1.54) is 22.5 Å². The number of rotatable bonds is 2. The van der Waals surface area contributed by atoms with Crippen LogP contribution in [0.3, 0.4) is 0 Å². The molecule has 3 rings (SSSR count). The molecule has 3 nitrogen and oxygen atoms in total. The molecule has 1 aromatic heterocycles. The summed E-state index contributed by atoms with van der Waals surface area (Å²) in [5, 5.41) is 5.75. The minimum atomic E-state index is -0.0491. The van der Waals surface area contributed by atoms with Gasteiger partial charge < -0.3 is 5.32 Å². The highest BCUT2D eigenvalue weighted by atomic mass is 32.1. The maximum Gasteiger partial charge on any atom is 0.233 e. The molecule has 1 aliphatic carbocycles. The van der Waals surface area contributed by atoms with Crippen LogP contribution in [0.25, 0.3) is 0 Å². The van der Waals surface area contributed by atoms with Crippen LogP contribution in [0, 0.1) is 0 Å². The lowest BCUT2D eigenvalue weighted by atomic mass is 9.82. The highest BCUT2D eigenvalue weighted by molar-refractivity contribution is 7.14. The predicted octanol–water partition coefficient (Wildman–Crippen LogP) is 4.50. The van der Waals surface area contributed by atoms with Crippen molar-refractivity contribution in [2.24, 2.45) is 0 Å². The summed E-state index contributed by atoms with van der Waals surface area (Å²) in [5.74, 6) is 0.0221. The molecule has 1 N–H and O–H groups in total. The van der Waals surface area contributed by atoms with Crippen molar-refractivity contribution in [2.75, 3.05) is 5.32 Å². The first-order chi connectivity index (χ1) is 10.4. The third-order valence-corrected chi connectivity index (χ3v) is 4.95. The van der Waals surface area contributed by atoms with E-state index in [-0.39, 0.29) is 17.2 Å². The lowest BCUT2D eigenvalue weighted by Gasteiger charge is -2.24. The summed E-state index contributed by atoms with van der Waals surface area (Å²) in [6, 6.07) is 8.29. The molecular weight excluding hydrogens is 292 g/mol. The van der Waals surface area contributed by atoms with Crippen LogP contribution in [0.2, 0.25) is 0 Å². The van der Waals surface area contributed by atoms with Gasteiger partial charge in [0.2, 0.25) is 5.91 Å². The third kappa shape index (κ3) is 3.07. The van der Waals surface area contributed by atoms with Crippen LogP contribution in [0.5, 0.6) is 0 Å². The number of aryl methyl sites for hydroxylation is 1. The molecule has 1 unspecified atom stereocenters. The van der Waals surface area contributed by atoms with Crippen LogP contribution in [0.15, 0.2) is 29.6 Å². The summed E-state index contributed by atoms with van der Waals surface area (Å²) < 4.78 is 0. The number of benzene rings is 1. The second-order valence-corrected chi connectivity index (χ2v) is 7.78. The van der Waals surface area contributed by atoms with Crippen molar-refractivity contribution in [3.05, 3.63) is 46.5 Å². The molecule has 1 amide bonds. The number of hydrogen-bond acceptors (Lipinski definition) is 3. The number of anilines is 1. The van der Waals surface area contributed by atoms with Gasteiger partial charge in [-0.15, -0.1) is 11.3 Å². The van der Waals surface area contributed by atoms with Gasteiger partial charge in [-0.25, -0.2) is 4.98 Å². The van der Waals surface area contributed by atoms with Gasteiger partial charge >= 0.3 is 0 Å². The van der Waals surface area contributed by atoms with Gasteiger partial charge in [-0.05, 0) is 30.4 Å². The topological polar surface area (TPSA) is 42.0 Å². The molecule has 1 aromatic carbocycles. The Labute approximate surface area is 135 Å². The van der Waals surface area contributed by atoms with Crippen LogP contribution in [-0.2, 0) is 16.6 Å². The Bertz CT molecular complexity index is 684.